The van der Waals surface area contributed by atoms with Crippen LogP contribution in [-0.4, -0.2) is 28.7 Å². The first kappa shape index (κ1) is 13.9. The van der Waals surface area contributed by atoms with Crippen LogP contribution in [0.3, 0.4) is 0 Å². The molecule has 0 aromatic heterocycles. The van der Waals surface area contributed by atoms with Crippen LogP contribution >= 0.6 is 15.9 Å². The van der Waals surface area contributed by atoms with Crippen LogP contribution in [0.2, 0.25) is 0 Å². The Hall–Kier alpha value is -0.0500. The highest BCUT2D eigenvalue weighted by Crippen LogP contribution is 2.55. The van der Waals surface area contributed by atoms with E-state index >= 15 is 0 Å². The summed E-state index contributed by atoms with van der Waals surface area (Å²) in [5, 5.41) is 0. The predicted molar refractivity (Wildman–Crippen MR) is 81.2 cm³/mol. The van der Waals surface area contributed by atoms with E-state index in [1.54, 1.807) is 0 Å². The third-order valence-electron chi connectivity index (χ3n) is 5.79. The van der Waals surface area contributed by atoms with Gasteiger partial charge in [-0.2, -0.15) is 0 Å². The molecule has 108 valence electrons. The van der Waals surface area contributed by atoms with Crippen molar-refractivity contribution in [2.75, 3.05) is 7.05 Å². The molecule has 2 nitrogen and oxygen atoms in total. The second-order valence-corrected chi connectivity index (χ2v) is 8.50. The largest absolute Gasteiger partial charge is 0.341 e. The molecule has 4 aliphatic rings. The van der Waals surface area contributed by atoms with Crippen LogP contribution in [0.25, 0.3) is 0 Å². The van der Waals surface area contributed by atoms with Gasteiger partial charge in [-0.3, -0.25) is 4.79 Å². The van der Waals surface area contributed by atoms with Crippen LogP contribution in [0.5, 0.6) is 0 Å². The summed E-state index contributed by atoms with van der Waals surface area (Å²) in [7, 11) is 2.05. The molecular weight excluding hydrogens is 302 g/mol. The van der Waals surface area contributed by atoms with E-state index in [-0.39, 0.29) is 4.83 Å². The molecule has 3 heteroatoms. The lowest BCUT2D eigenvalue weighted by atomic mass is 9.54. The monoisotopic (exact) mass is 327 g/mol. The summed E-state index contributed by atoms with van der Waals surface area (Å²) in [6.45, 7) is 4.23. The Morgan fingerprint density at radius 3 is 1.95 bits per heavy atom. The molecule has 0 heterocycles. The standard InChI is InChI=1S/C16H26BrNO/c1-9(2)14(17)16(19)18(3)15-12-5-10-4-11(7-12)8-13(15)6-10/h9-15H,4-8H2,1-3H3. The van der Waals surface area contributed by atoms with Crippen molar-refractivity contribution in [3.63, 3.8) is 0 Å². The average Bonchev–Trinajstić information content (AvgIpc) is 2.35. The number of carbonyl (C=O) groups excluding carboxylic acids is 1. The number of rotatable bonds is 3. The smallest absolute Gasteiger partial charge is 0.236 e. The Morgan fingerprint density at radius 2 is 1.53 bits per heavy atom. The maximum Gasteiger partial charge on any atom is 0.236 e. The van der Waals surface area contributed by atoms with E-state index in [0.717, 1.165) is 23.7 Å². The van der Waals surface area contributed by atoms with Gasteiger partial charge in [0.05, 0.1) is 4.83 Å². The van der Waals surface area contributed by atoms with E-state index in [2.05, 4.69) is 34.7 Å². The predicted octanol–water partition coefficient (Wildman–Crippen LogP) is 3.69. The summed E-state index contributed by atoms with van der Waals surface area (Å²) in [5.74, 6) is 4.20. The van der Waals surface area contributed by atoms with Gasteiger partial charge < -0.3 is 4.90 Å². The first-order chi connectivity index (χ1) is 8.97. The number of amides is 1. The second kappa shape index (κ2) is 5.05. The molecule has 1 unspecified atom stereocenters. The van der Waals surface area contributed by atoms with Crippen molar-refractivity contribution in [3.05, 3.63) is 0 Å². The minimum atomic E-state index is -0.0188. The van der Waals surface area contributed by atoms with Gasteiger partial charge in [0.2, 0.25) is 5.91 Å². The van der Waals surface area contributed by atoms with Crippen LogP contribution in [0.1, 0.15) is 46.0 Å². The van der Waals surface area contributed by atoms with Crippen molar-refractivity contribution < 1.29 is 4.79 Å². The Balaban J connectivity index is 1.73. The summed E-state index contributed by atoms with van der Waals surface area (Å²) in [6, 6.07) is 0.527. The molecule has 0 spiro atoms. The summed E-state index contributed by atoms with van der Waals surface area (Å²) in [4.78, 5) is 14.7. The summed E-state index contributed by atoms with van der Waals surface area (Å²) in [5.41, 5.74) is 0. The van der Waals surface area contributed by atoms with Gasteiger partial charge in [-0.15, -0.1) is 0 Å². The first-order valence-electron chi connectivity index (χ1n) is 7.88. The fourth-order valence-electron chi connectivity index (χ4n) is 5.16. The number of halogens is 1. The van der Waals surface area contributed by atoms with Crippen molar-refractivity contribution >= 4 is 21.8 Å². The zero-order valence-corrected chi connectivity index (χ0v) is 13.9. The maximum absolute atomic E-state index is 12.6. The van der Waals surface area contributed by atoms with Gasteiger partial charge in [-0.1, -0.05) is 29.8 Å². The molecule has 1 atom stereocenters. The average molecular weight is 328 g/mol. The lowest BCUT2D eigenvalue weighted by Crippen LogP contribution is -2.57. The second-order valence-electron chi connectivity index (χ2n) is 7.52. The Bertz CT molecular complexity index is 340. The number of nitrogens with zero attached hydrogens (tertiary/aromatic N) is 1. The van der Waals surface area contributed by atoms with Gasteiger partial charge >= 0.3 is 0 Å². The number of hydrogen-bond donors (Lipinski definition) is 0. The highest BCUT2D eigenvalue weighted by atomic mass is 79.9. The van der Waals surface area contributed by atoms with Gasteiger partial charge in [0.15, 0.2) is 0 Å². The number of hydrogen-bond acceptors (Lipinski definition) is 1. The number of alkyl halides is 1. The van der Waals surface area contributed by atoms with E-state index in [1.807, 2.05) is 7.05 Å². The van der Waals surface area contributed by atoms with Gasteiger partial charge in [0, 0.05) is 13.1 Å². The van der Waals surface area contributed by atoms with Crippen molar-refractivity contribution in [2.24, 2.45) is 29.6 Å². The molecule has 4 aliphatic carbocycles. The summed E-state index contributed by atoms with van der Waals surface area (Å²) < 4.78 is 0. The Morgan fingerprint density at radius 1 is 1.05 bits per heavy atom. The third kappa shape index (κ3) is 2.36. The molecular formula is C16H26BrNO. The molecule has 4 fully saturated rings. The first-order valence-corrected chi connectivity index (χ1v) is 8.79. The van der Waals surface area contributed by atoms with Gasteiger partial charge in [0.25, 0.3) is 0 Å². The molecule has 0 aliphatic heterocycles. The molecule has 0 radical (unpaired) electrons. The normalized spacial score (nSPS) is 41.6. The molecule has 0 saturated heterocycles. The van der Waals surface area contributed by atoms with Gasteiger partial charge in [0.1, 0.15) is 0 Å². The van der Waals surface area contributed by atoms with Crippen molar-refractivity contribution in [2.45, 2.75) is 56.8 Å². The minimum absolute atomic E-state index is 0.0188. The van der Waals surface area contributed by atoms with Gasteiger partial charge in [-0.25, -0.2) is 0 Å². The molecule has 4 saturated carbocycles. The van der Waals surface area contributed by atoms with E-state index in [1.165, 1.54) is 32.1 Å². The van der Waals surface area contributed by atoms with Crippen molar-refractivity contribution in [1.29, 1.82) is 0 Å². The van der Waals surface area contributed by atoms with Gasteiger partial charge in [-0.05, 0) is 61.7 Å². The molecule has 0 aromatic carbocycles. The highest BCUT2D eigenvalue weighted by molar-refractivity contribution is 9.10. The molecule has 1 amide bonds. The van der Waals surface area contributed by atoms with Crippen molar-refractivity contribution in [3.8, 4) is 0 Å². The fourth-order valence-corrected chi connectivity index (χ4v) is 5.48. The molecule has 4 bridgehead atoms. The lowest BCUT2D eigenvalue weighted by molar-refractivity contribution is -0.141. The van der Waals surface area contributed by atoms with E-state index in [9.17, 15) is 4.79 Å². The topological polar surface area (TPSA) is 20.3 Å². The van der Waals surface area contributed by atoms with Crippen LogP contribution in [-0.2, 0) is 4.79 Å². The van der Waals surface area contributed by atoms with E-state index in [4.69, 9.17) is 0 Å². The lowest BCUT2D eigenvalue weighted by Gasteiger charge is -2.56. The van der Waals surface area contributed by atoms with Crippen LogP contribution in [0.15, 0.2) is 0 Å². The SMILES string of the molecule is CC(C)C(Br)C(=O)N(C)C1C2CC3CC(C2)CC1C3. The van der Waals surface area contributed by atoms with E-state index in [0.29, 0.717) is 17.9 Å². The van der Waals surface area contributed by atoms with Crippen molar-refractivity contribution in [1.82, 2.24) is 4.90 Å². The maximum atomic E-state index is 12.6. The zero-order chi connectivity index (χ0) is 13.7. The van der Waals surface area contributed by atoms with E-state index < -0.39 is 0 Å². The quantitative estimate of drug-likeness (QED) is 0.724. The van der Waals surface area contributed by atoms with Crippen LogP contribution in [0.4, 0.5) is 0 Å². The molecule has 19 heavy (non-hydrogen) atoms. The fraction of sp³-hybridized carbons (Fsp3) is 0.938. The minimum Gasteiger partial charge on any atom is -0.341 e. The summed E-state index contributed by atoms with van der Waals surface area (Å²) in [6.07, 6.45) is 6.99. The molecule has 0 N–H and O–H groups in total. The zero-order valence-electron chi connectivity index (χ0n) is 12.3. The summed E-state index contributed by atoms with van der Waals surface area (Å²) >= 11 is 3.58. The molecule has 4 rings (SSSR count). The Labute approximate surface area is 125 Å². The number of carbonyl (C=O) groups is 1. The Kier molecular flexibility index (Phi) is 3.70. The van der Waals surface area contributed by atoms with Crippen LogP contribution < -0.4 is 0 Å². The van der Waals surface area contributed by atoms with Crippen LogP contribution in [0, 0.1) is 29.6 Å². The third-order valence-corrected chi connectivity index (χ3v) is 7.24. The molecule has 0 aromatic rings. The highest BCUT2D eigenvalue weighted by Gasteiger charge is 2.50.